The summed E-state index contributed by atoms with van der Waals surface area (Å²) in [6.45, 7) is 12.7. The lowest BCUT2D eigenvalue weighted by molar-refractivity contribution is 0.103. The number of carbonyl (C=O) groups is 1. The van der Waals surface area contributed by atoms with Gasteiger partial charge in [-0.05, 0) is 60.1 Å². The van der Waals surface area contributed by atoms with Crippen LogP contribution in [0.15, 0.2) is 36.4 Å². The van der Waals surface area contributed by atoms with Crippen LogP contribution in [0.25, 0.3) is 0 Å². The van der Waals surface area contributed by atoms with Gasteiger partial charge in [0.25, 0.3) is 0 Å². The van der Waals surface area contributed by atoms with Crippen LogP contribution >= 0.6 is 0 Å². The molecule has 0 aliphatic carbocycles. The van der Waals surface area contributed by atoms with E-state index in [4.69, 9.17) is 0 Å². The molecule has 0 amide bonds. The lowest BCUT2D eigenvalue weighted by Crippen LogP contribution is -2.08. The molecule has 2 aromatic carbocycles. The molecule has 22 heavy (non-hydrogen) atoms. The van der Waals surface area contributed by atoms with Crippen molar-refractivity contribution in [3.63, 3.8) is 0 Å². The predicted octanol–water partition coefficient (Wildman–Crippen LogP) is 5.78. The SMILES string of the molecule is Cc1ccc(C(C)C)cc1C(=O)c1cc(C(C)C)ccc1C. The van der Waals surface area contributed by atoms with Crippen molar-refractivity contribution in [2.75, 3.05) is 0 Å². The zero-order valence-corrected chi connectivity index (χ0v) is 14.5. The van der Waals surface area contributed by atoms with E-state index < -0.39 is 0 Å². The highest BCUT2D eigenvalue weighted by atomic mass is 16.1. The first kappa shape index (κ1) is 16.5. The van der Waals surface area contributed by atoms with Gasteiger partial charge in [-0.1, -0.05) is 52.0 Å². The van der Waals surface area contributed by atoms with E-state index in [9.17, 15) is 4.79 Å². The molecule has 0 saturated carbocycles. The van der Waals surface area contributed by atoms with Gasteiger partial charge in [-0.15, -0.1) is 0 Å². The van der Waals surface area contributed by atoms with Gasteiger partial charge in [-0.3, -0.25) is 4.79 Å². The van der Waals surface area contributed by atoms with Crippen LogP contribution in [0.5, 0.6) is 0 Å². The van der Waals surface area contributed by atoms with Crippen molar-refractivity contribution in [2.24, 2.45) is 0 Å². The smallest absolute Gasteiger partial charge is 0.193 e. The second-order valence-electron chi connectivity index (χ2n) is 6.79. The van der Waals surface area contributed by atoms with Crippen molar-refractivity contribution < 1.29 is 4.79 Å². The number of ketones is 1. The second kappa shape index (κ2) is 6.48. The average Bonchev–Trinajstić information content (AvgIpc) is 2.47. The highest BCUT2D eigenvalue weighted by molar-refractivity contribution is 6.11. The van der Waals surface area contributed by atoms with Crippen LogP contribution in [-0.2, 0) is 0 Å². The van der Waals surface area contributed by atoms with Gasteiger partial charge in [0.2, 0.25) is 0 Å². The molecule has 0 bridgehead atoms. The van der Waals surface area contributed by atoms with Crippen LogP contribution < -0.4 is 0 Å². The van der Waals surface area contributed by atoms with Gasteiger partial charge >= 0.3 is 0 Å². The topological polar surface area (TPSA) is 17.1 Å². The second-order valence-corrected chi connectivity index (χ2v) is 6.79. The van der Waals surface area contributed by atoms with Crippen molar-refractivity contribution in [2.45, 2.75) is 53.4 Å². The van der Waals surface area contributed by atoms with Crippen molar-refractivity contribution >= 4 is 5.78 Å². The summed E-state index contributed by atoms with van der Waals surface area (Å²) in [4.78, 5) is 13.0. The molecule has 0 aromatic heterocycles. The van der Waals surface area contributed by atoms with Crippen LogP contribution in [0.1, 0.15) is 77.7 Å². The van der Waals surface area contributed by atoms with E-state index in [1.807, 2.05) is 13.8 Å². The Balaban J connectivity index is 2.52. The van der Waals surface area contributed by atoms with Crippen LogP contribution in [-0.4, -0.2) is 5.78 Å². The van der Waals surface area contributed by atoms with Gasteiger partial charge in [0.05, 0.1) is 0 Å². The van der Waals surface area contributed by atoms with Gasteiger partial charge in [0, 0.05) is 11.1 Å². The van der Waals surface area contributed by atoms with E-state index in [1.165, 1.54) is 11.1 Å². The molecule has 0 unspecified atom stereocenters. The molecule has 0 spiro atoms. The predicted molar refractivity (Wildman–Crippen MR) is 94.0 cm³/mol. The standard InChI is InChI=1S/C21H26O/c1-13(2)17-9-7-15(5)19(11-17)21(22)20-12-18(14(3)4)10-8-16(20)6/h7-14H,1-6H3. The van der Waals surface area contributed by atoms with E-state index in [2.05, 4.69) is 64.1 Å². The fraction of sp³-hybridized carbons (Fsp3) is 0.381. The molecule has 0 atom stereocenters. The molecular weight excluding hydrogens is 268 g/mol. The summed E-state index contributed by atoms with van der Waals surface area (Å²) >= 11 is 0. The van der Waals surface area contributed by atoms with Crippen LogP contribution in [0.4, 0.5) is 0 Å². The molecule has 0 N–H and O–H groups in total. The highest BCUT2D eigenvalue weighted by Crippen LogP contribution is 2.24. The third kappa shape index (κ3) is 3.30. The Labute approximate surface area is 134 Å². The minimum absolute atomic E-state index is 0.139. The zero-order valence-electron chi connectivity index (χ0n) is 14.5. The van der Waals surface area contributed by atoms with Crippen LogP contribution in [0, 0.1) is 13.8 Å². The van der Waals surface area contributed by atoms with Crippen LogP contribution in [0.2, 0.25) is 0 Å². The van der Waals surface area contributed by atoms with Crippen molar-refractivity contribution in [3.8, 4) is 0 Å². The van der Waals surface area contributed by atoms with Gasteiger partial charge < -0.3 is 0 Å². The molecular formula is C21H26O. The molecule has 0 fully saturated rings. The Morgan fingerprint density at radius 1 is 0.727 bits per heavy atom. The molecule has 0 aliphatic heterocycles. The Morgan fingerprint density at radius 2 is 1.09 bits per heavy atom. The van der Waals surface area contributed by atoms with E-state index in [1.54, 1.807) is 0 Å². The Kier molecular flexibility index (Phi) is 4.85. The van der Waals surface area contributed by atoms with Gasteiger partial charge in [-0.2, -0.15) is 0 Å². The third-order valence-electron chi connectivity index (χ3n) is 4.35. The largest absolute Gasteiger partial charge is 0.289 e. The fourth-order valence-electron chi connectivity index (χ4n) is 2.63. The summed E-state index contributed by atoms with van der Waals surface area (Å²) in [6, 6.07) is 12.5. The molecule has 0 radical (unpaired) electrons. The van der Waals surface area contributed by atoms with Crippen molar-refractivity contribution in [3.05, 3.63) is 69.8 Å². The molecule has 1 heteroatoms. The van der Waals surface area contributed by atoms with Crippen molar-refractivity contribution in [1.29, 1.82) is 0 Å². The number of benzene rings is 2. The summed E-state index contributed by atoms with van der Waals surface area (Å²) in [6.07, 6.45) is 0. The molecule has 0 saturated heterocycles. The maximum atomic E-state index is 13.0. The average molecular weight is 294 g/mol. The molecule has 2 aromatic rings. The highest BCUT2D eigenvalue weighted by Gasteiger charge is 2.16. The normalized spacial score (nSPS) is 11.3. The van der Waals surface area contributed by atoms with Gasteiger partial charge in [-0.25, -0.2) is 0 Å². The maximum absolute atomic E-state index is 13.0. The lowest BCUT2D eigenvalue weighted by Gasteiger charge is -2.14. The summed E-state index contributed by atoms with van der Waals surface area (Å²) in [5, 5.41) is 0. The van der Waals surface area contributed by atoms with E-state index in [-0.39, 0.29) is 5.78 Å². The quantitative estimate of drug-likeness (QED) is 0.653. The summed E-state index contributed by atoms with van der Waals surface area (Å²) in [5.74, 6) is 0.991. The van der Waals surface area contributed by atoms with E-state index >= 15 is 0 Å². The molecule has 116 valence electrons. The third-order valence-corrected chi connectivity index (χ3v) is 4.35. The molecule has 1 nitrogen and oxygen atoms in total. The van der Waals surface area contributed by atoms with Gasteiger partial charge in [0.1, 0.15) is 0 Å². The first-order valence-corrected chi connectivity index (χ1v) is 8.07. The number of hydrogen-bond acceptors (Lipinski definition) is 1. The van der Waals surface area contributed by atoms with Crippen LogP contribution in [0.3, 0.4) is 0 Å². The zero-order chi connectivity index (χ0) is 16.4. The van der Waals surface area contributed by atoms with E-state index in [0.717, 1.165) is 22.3 Å². The minimum atomic E-state index is 0.139. The lowest BCUT2D eigenvalue weighted by atomic mass is 9.90. The minimum Gasteiger partial charge on any atom is -0.289 e. The number of aryl methyl sites for hydroxylation is 2. The molecule has 0 aliphatic rings. The van der Waals surface area contributed by atoms with Crippen molar-refractivity contribution in [1.82, 2.24) is 0 Å². The van der Waals surface area contributed by atoms with Gasteiger partial charge in [0.15, 0.2) is 5.78 Å². The van der Waals surface area contributed by atoms with E-state index in [0.29, 0.717) is 11.8 Å². The first-order valence-electron chi connectivity index (χ1n) is 8.07. The number of hydrogen-bond donors (Lipinski definition) is 0. The summed E-state index contributed by atoms with van der Waals surface area (Å²) < 4.78 is 0. The number of carbonyl (C=O) groups excluding carboxylic acids is 1. The Morgan fingerprint density at radius 3 is 1.41 bits per heavy atom. The monoisotopic (exact) mass is 294 g/mol. The first-order chi connectivity index (χ1) is 10.3. The summed E-state index contributed by atoms with van der Waals surface area (Å²) in [5.41, 5.74) is 6.18. The number of rotatable bonds is 4. The fourth-order valence-corrected chi connectivity index (χ4v) is 2.63. The Bertz CT molecular complexity index is 634. The molecule has 0 heterocycles. The Hall–Kier alpha value is -1.89. The maximum Gasteiger partial charge on any atom is 0.193 e. The molecule has 2 rings (SSSR count). The summed E-state index contributed by atoms with van der Waals surface area (Å²) in [7, 11) is 0.